The highest BCUT2D eigenvalue weighted by molar-refractivity contribution is 7.95. The van der Waals surface area contributed by atoms with E-state index < -0.39 is 7.26 Å². The first-order valence-corrected chi connectivity index (χ1v) is 14.6. The summed E-state index contributed by atoms with van der Waals surface area (Å²) in [5.74, 6) is 0.459. The Morgan fingerprint density at radius 3 is 1.42 bits per heavy atom. The second kappa shape index (κ2) is 11.8. The fraction of sp³-hybridized carbons (Fsp3) is 0.0286. The van der Waals surface area contributed by atoms with Crippen molar-refractivity contribution < 1.29 is 10.2 Å². The van der Waals surface area contributed by atoms with Gasteiger partial charge in [0.05, 0.1) is 6.16 Å². The topological polar surface area (TPSA) is 40.5 Å². The van der Waals surface area contributed by atoms with E-state index in [1.165, 1.54) is 21.5 Å². The summed E-state index contributed by atoms with van der Waals surface area (Å²) in [5, 5.41) is 24.4. The third-order valence-corrected chi connectivity index (χ3v) is 11.1. The zero-order chi connectivity index (χ0) is 26.2. The van der Waals surface area contributed by atoms with Gasteiger partial charge >= 0.3 is 0 Å². The van der Waals surface area contributed by atoms with Crippen LogP contribution in [0.2, 0.25) is 0 Å². The number of hydrogen-bond acceptors (Lipinski definition) is 2. The molecule has 6 rings (SSSR count). The van der Waals surface area contributed by atoms with E-state index in [1.807, 2.05) is 6.07 Å². The van der Waals surface area contributed by atoms with Crippen molar-refractivity contribution in [1.29, 1.82) is 0 Å². The molecule has 0 heterocycles. The molecule has 0 spiro atoms. The van der Waals surface area contributed by atoms with Crippen LogP contribution >= 0.6 is 7.26 Å². The van der Waals surface area contributed by atoms with Crippen LogP contribution < -0.4 is 15.9 Å². The van der Waals surface area contributed by atoms with E-state index >= 15 is 0 Å². The molecule has 0 radical (unpaired) electrons. The average Bonchev–Trinajstić information content (AvgIpc) is 2.98. The summed E-state index contributed by atoms with van der Waals surface area (Å²) >= 11 is 0. The van der Waals surface area contributed by atoms with Crippen LogP contribution in [0.25, 0.3) is 10.8 Å². The van der Waals surface area contributed by atoms with Gasteiger partial charge in [-0.25, -0.2) is 0 Å². The van der Waals surface area contributed by atoms with Gasteiger partial charge in [0.2, 0.25) is 0 Å². The number of benzene rings is 6. The Hall–Kier alpha value is -4.39. The molecule has 2 nitrogen and oxygen atoms in total. The fourth-order valence-corrected chi connectivity index (χ4v) is 9.12. The van der Waals surface area contributed by atoms with E-state index in [0.717, 1.165) is 16.9 Å². The number of phenols is 2. The molecule has 0 aliphatic heterocycles. The lowest BCUT2D eigenvalue weighted by atomic mass is 10.1. The second-order valence-corrected chi connectivity index (χ2v) is 12.6. The molecule has 0 saturated heterocycles. The van der Waals surface area contributed by atoms with Crippen molar-refractivity contribution in [2.24, 2.45) is 0 Å². The van der Waals surface area contributed by atoms with Crippen LogP contribution in [0.1, 0.15) is 5.56 Å². The van der Waals surface area contributed by atoms with Crippen molar-refractivity contribution in [1.82, 2.24) is 0 Å². The number of phenolic OH excluding ortho intramolecular Hbond substituents is 2. The summed E-state index contributed by atoms with van der Waals surface area (Å²) < 4.78 is 0. The molecular weight excluding hydrogens is 483 g/mol. The Kier molecular flexibility index (Phi) is 7.83. The Morgan fingerprint density at radius 2 is 0.921 bits per heavy atom. The zero-order valence-corrected chi connectivity index (χ0v) is 22.0. The lowest BCUT2D eigenvalue weighted by Crippen LogP contribution is -2.32. The van der Waals surface area contributed by atoms with Gasteiger partial charge in [-0.15, -0.1) is 0 Å². The van der Waals surface area contributed by atoms with E-state index in [-0.39, 0.29) is 11.5 Å². The maximum absolute atomic E-state index is 9.38. The molecule has 0 aliphatic rings. The molecule has 0 atom stereocenters. The van der Waals surface area contributed by atoms with Crippen LogP contribution in [0.3, 0.4) is 0 Å². The normalized spacial score (nSPS) is 10.9. The molecule has 0 amide bonds. The Labute approximate surface area is 224 Å². The molecule has 0 bridgehead atoms. The summed E-state index contributed by atoms with van der Waals surface area (Å²) in [6, 6.07) is 54.1. The summed E-state index contributed by atoms with van der Waals surface area (Å²) in [6.45, 7) is 0. The standard InChI is InChI=1S/C25H22P.C10H8O2/c1-5-13-22(14-6-1)21-26(23-15-7-2-8-16-23,24-17-9-3-10-18-24)25-19-11-4-12-20-25;11-8-4-5-9-7(6-8)2-1-3-10(9)12/h1-20H,21H2;1-6,11-12H/q+1;. The smallest absolute Gasteiger partial charge is 0.123 e. The van der Waals surface area contributed by atoms with E-state index in [9.17, 15) is 5.11 Å². The highest BCUT2D eigenvalue weighted by Gasteiger charge is 2.45. The average molecular weight is 514 g/mol. The van der Waals surface area contributed by atoms with Crippen LogP contribution in [0.5, 0.6) is 11.5 Å². The van der Waals surface area contributed by atoms with Crippen LogP contribution in [-0.2, 0) is 6.16 Å². The van der Waals surface area contributed by atoms with Crippen molar-refractivity contribution in [3.8, 4) is 11.5 Å². The van der Waals surface area contributed by atoms with Gasteiger partial charge in [0.15, 0.2) is 0 Å². The maximum Gasteiger partial charge on any atom is 0.123 e. The van der Waals surface area contributed by atoms with Crippen molar-refractivity contribution >= 4 is 33.9 Å². The largest absolute Gasteiger partial charge is 0.508 e. The van der Waals surface area contributed by atoms with Gasteiger partial charge in [0.25, 0.3) is 0 Å². The Bertz CT molecular complexity index is 1490. The maximum atomic E-state index is 9.38. The highest BCUT2D eigenvalue weighted by atomic mass is 31.2. The first kappa shape index (κ1) is 25.3. The number of fused-ring (bicyclic) bond motifs is 1. The lowest BCUT2D eigenvalue weighted by molar-refractivity contribution is 0.475. The first-order valence-electron chi connectivity index (χ1n) is 12.7. The molecule has 6 aromatic rings. The summed E-state index contributed by atoms with van der Waals surface area (Å²) in [7, 11) is -1.78. The van der Waals surface area contributed by atoms with Gasteiger partial charge in [0.1, 0.15) is 34.7 Å². The monoisotopic (exact) mass is 513 g/mol. The summed E-state index contributed by atoms with van der Waals surface area (Å²) in [4.78, 5) is 0. The van der Waals surface area contributed by atoms with Crippen LogP contribution in [-0.4, -0.2) is 10.2 Å². The second-order valence-electron chi connectivity index (χ2n) is 9.14. The molecule has 0 unspecified atom stereocenters. The molecule has 186 valence electrons. The van der Waals surface area contributed by atoms with Gasteiger partial charge in [-0.2, -0.15) is 0 Å². The Balaban J connectivity index is 0.000000204. The van der Waals surface area contributed by atoms with Gasteiger partial charge in [-0.3, -0.25) is 0 Å². The molecule has 3 heteroatoms. The molecule has 0 saturated carbocycles. The van der Waals surface area contributed by atoms with Gasteiger partial charge in [-0.1, -0.05) is 97.1 Å². The summed E-state index contributed by atoms with van der Waals surface area (Å²) in [6.07, 6.45) is 1.03. The lowest BCUT2D eigenvalue weighted by Gasteiger charge is -2.27. The minimum atomic E-state index is -1.78. The van der Waals surface area contributed by atoms with Crippen molar-refractivity contribution in [2.75, 3.05) is 0 Å². The minimum absolute atomic E-state index is 0.216. The van der Waals surface area contributed by atoms with E-state index in [2.05, 4.69) is 121 Å². The fourth-order valence-electron chi connectivity index (χ4n) is 4.88. The third-order valence-electron chi connectivity index (χ3n) is 6.69. The summed E-state index contributed by atoms with van der Waals surface area (Å²) in [5.41, 5.74) is 1.39. The van der Waals surface area contributed by atoms with Crippen molar-refractivity contribution in [3.63, 3.8) is 0 Å². The molecule has 0 fully saturated rings. The quantitative estimate of drug-likeness (QED) is 0.235. The van der Waals surface area contributed by atoms with Gasteiger partial charge in [-0.05, 0) is 71.6 Å². The van der Waals surface area contributed by atoms with Gasteiger partial charge < -0.3 is 10.2 Å². The third kappa shape index (κ3) is 5.47. The van der Waals surface area contributed by atoms with Gasteiger partial charge in [0, 0.05) is 5.39 Å². The molecule has 0 aromatic heterocycles. The van der Waals surface area contributed by atoms with E-state index in [0.29, 0.717) is 0 Å². The number of rotatable bonds is 5. The van der Waals surface area contributed by atoms with Crippen LogP contribution in [0.4, 0.5) is 0 Å². The highest BCUT2D eigenvalue weighted by Crippen LogP contribution is 2.58. The van der Waals surface area contributed by atoms with Crippen LogP contribution in [0, 0.1) is 0 Å². The number of hydrogen-bond donors (Lipinski definition) is 2. The molecule has 2 N–H and O–H groups in total. The zero-order valence-electron chi connectivity index (χ0n) is 21.1. The molecule has 0 aliphatic carbocycles. The van der Waals surface area contributed by atoms with E-state index in [1.54, 1.807) is 30.3 Å². The van der Waals surface area contributed by atoms with Crippen molar-refractivity contribution in [3.05, 3.63) is 163 Å². The predicted molar refractivity (Wildman–Crippen MR) is 163 cm³/mol. The SMILES string of the molecule is Oc1ccc2c(O)cccc2c1.c1ccc(C[P+](c2ccccc2)(c2ccccc2)c2ccccc2)cc1. The predicted octanol–water partition coefficient (Wildman–Crippen LogP) is 7.43. The number of aromatic hydroxyl groups is 2. The molecular formula is C35H30O2P+. The molecule has 38 heavy (non-hydrogen) atoms. The van der Waals surface area contributed by atoms with Crippen LogP contribution in [0.15, 0.2) is 158 Å². The first-order chi connectivity index (χ1) is 18.7. The van der Waals surface area contributed by atoms with E-state index in [4.69, 9.17) is 5.11 Å². The Morgan fingerprint density at radius 1 is 0.447 bits per heavy atom. The van der Waals surface area contributed by atoms with Crippen molar-refractivity contribution in [2.45, 2.75) is 6.16 Å². The molecule has 6 aromatic carbocycles. The minimum Gasteiger partial charge on any atom is -0.508 e.